The minimum atomic E-state index is -0.127. The molecule has 0 aliphatic carbocycles. The molecule has 0 aromatic heterocycles. The Kier molecular flexibility index (Phi) is 2.88. The third-order valence-corrected chi connectivity index (χ3v) is 2.70. The third kappa shape index (κ3) is 1.91. The maximum Gasteiger partial charge on any atom is 0.0609 e. The van der Waals surface area contributed by atoms with Crippen molar-refractivity contribution in [3.05, 3.63) is 0 Å². The molecule has 0 saturated carbocycles. The van der Waals surface area contributed by atoms with Gasteiger partial charge in [0.15, 0.2) is 0 Å². The van der Waals surface area contributed by atoms with E-state index < -0.39 is 0 Å². The molecule has 1 N–H and O–H groups in total. The van der Waals surface area contributed by atoms with E-state index in [1.165, 1.54) is 0 Å². The summed E-state index contributed by atoms with van der Waals surface area (Å²) in [6.45, 7) is 8.34. The van der Waals surface area contributed by atoms with E-state index in [0.717, 1.165) is 18.6 Å². The van der Waals surface area contributed by atoms with E-state index in [9.17, 15) is 0 Å². The van der Waals surface area contributed by atoms with Crippen molar-refractivity contribution in [1.29, 1.82) is 0 Å². The van der Waals surface area contributed by atoms with Crippen LogP contribution in [0.25, 0.3) is 0 Å². The van der Waals surface area contributed by atoms with Crippen LogP contribution >= 0.6 is 0 Å². The standard InChI is InChI=1S/C10H20N2O2/c1-9(2)6-8(11-13)7-10(3,4)12(9)14-5/h13H,6-7H2,1-5H3. The van der Waals surface area contributed by atoms with Crippen molar-refractivity contribution < 1.29 is 10.0 Å². The van der Waals surface area contributed by atoms with Gasteiger partial charge >= 0.3 is 0 Å². The van der Waals surface area contributed by atoms with Gasteiger partial charge in [0.2, 0.25) is 0 Å². The molecule has 1 rings (SSSR count). The van der Waals surface area contributed by atoms with Crippen molar-refractivity contribution in [3.63, 3.8) is 0 Å². The number of oxime groups is 1. The maximum absolute atomic E-state index is 8.84. The smallest absolute Gasteiger partial charge is 0.0609 e. The summed E-state index contributed by atoms with van der Waals surface area (Å²) in [5.74, 6) is 0. The fraction of sp³-hybridized carbons (Fsp3) is 0.900. The topological polar surface area (TPSA) is 45.1 Å². The van der Waals surface area contributed by atoms with Crippen LogP contribution in [0, 0.1) is 0 Å². The minimum Gasteiger partial charge on any atom is -0.411 e. The van der Waals surface area contributed by atoms with Gasteiger partial charge in [-0.15, -0.1) is 0 Å². The average Bonchev–Trinajstić information content (AvgIpc) is 2.00. The zero-order chi connectivity index (χ0) is 11.0. The normalized spacial score (nSPS) is 26.2. The number of hydroxylamine groups is 2. The molecule has 1 saturated heterocycles. The zero-order valence-corrected chi connectivity index (χ0v) is 9.66. The second-order valence-electron chi connectivity index (χ2n) is 5.12. The van der Waals surface area contributed by atoms with Crippen molar-refractivity contribution >= 4 is 5.71 Å². The summed E-state index contributed by atoms with van der Waals surface area (Å²) in [5.41, 5.74) is 0.587. The van der Waals surface area contributed by atoms with E-state index >= 15 is 0 Å². The Bertz CT molecular complexity index is 227. The lowest BCUT2D eigenvalue weighted by Crippen LogP contribution is -2.60. The minimum absolute atomic E-state index is 0.127. The van der Waals surface area contributed by atoms with E-state index in [1.807, 2.05) is 5.06 Å². The van der Waals surface area contributed by atoms with Crippen LogP contribution in [0.15, 0.2) is 5.16 Å². The molecule has 0 aromatic carbocycles. The van der Waals surface area contributed by atoms with Gasteiger partial charge in [-0.05, 0) is 27.7 Å². The van der Waals surface area contributed by atoms with E-state index in [-0.39, 0.29) is 11.1 Å². The first-order chi connectivity index (χ1) is 6.33. The maximum atomic E-state index is 8.84. The largest absolute Gasteiger partial charge is 0.411 e. The van der Waals surface area contributed by atoms with Gasteiger partial charge in [0.25, 0.3) is 0 Å². The Morgan fingerprint density at radius 3 is 1.93 bits per heavy atom. The zero-order valence-electron chi connectivity index (χ0n) is 9.66. The Hall–Kier alpha value is -0.610. The van der Waals surface area contributed by atoms with Crippen LogP contribution in [0.3, 0.4) is 0 Å². The fourth-order valence-electron chi connectivity index (χ4n) is 2.59. The molecule has 0 radical (unpaired) electrons. The molecule has 1 aliphatic rings. The van der Waals surface area contributed by atoms with Gasteiger partial charge < -0.3 is 10.0 Å². The molecule has 0 amide bonds. The van der Waals surface area contributed by atoms with Crippen molar-refractivity contribution in [2.45, 2.75) is 51.6 Å². The number of hydrogen-bond donors (Lipinski definition) is 1. The first-order valence-corrected chi connectivity index (χ1v) is 4.88. The molecular weight excluding hydrogens is 180 g/mol. The monoisotopic (exact) mass is 200 g/mol. The van der Waals surface area contributed by atoms with Gasteiger partial charge in [-0.3, -0.25) is 0 Å². The summed E-state index contributed by atoms with van der Waals surface area (Å²) in [6.07, 6.45) is 1.47. The Balaban J connectivity index is 2.98. The van der Waals surface area contributed by atoms with Gasteiger partial charge in [-0.2, -0.15) is 5.06 Å². The molecule has 0 atom stereocenters. The summed E-state index contributed by atoms with van der Waals surface area (Å²) in [7, 11) is 1.69. The molecule has 4 heteroatoms. The number of nitrogens with zero attached hydrogens (tertiary/aromatic N) is 2. The van der Waals surface area contributed by atoms with Gasteiger partial charge in [0.1, 0.15) is 0 Å². The van der Waals surface area contributed by atoms with Crippen LogP contribution in [0.4, 0.5) is 0 Å². The summed E-state index contributed by atoms with van der Waals surface area (Å²) < 4.78 is 0. The Morgan fingerprint density at radius 1 is 1.21 bits per heavy atom. The van der Waals surface area contributed by atoms with E-state index in [4.69, 9.17) is 10.0 Å². The number of piperidine rings is 1. The SMILES string of the molecule is CON1C(C)(C)CC(=NO)CC1(C)C. The van der Waals surface area contributed by atoms with Crippen LogP contribution in [0.5, 0.6) is 0 Å². The highest BCUT2D eigenvalue weighted by Crippen LogP contribution is 2.36. The molecular formula is C10H20N2O2. The van der Waals surface area contributed by atoms with E-state index in [2.05, 4.69) is 32.9 Å². The van der Waals surface area contributed by atoms with Gasteiger partial charge in [0.05, 0.1) is 12.8 Å². The quantitative estimate of drug-likeness (QED) is 0.520. The second kappa shape index (κ2) is 3.51. The molecule has 14 heavy (non-hydrogen) atoms. The van der Waals surface area contributed by atoms with Crippen LogP contribution in [0.1, 0.15) is 40.5 Å². The highest BCUT2D eigenvalue weighted by molar-refractivity contribution is 5.86. The Labute approximate surface area is 85.5 Å². The molecule has 1 fully saturated rings. The van der Waals surface area contributed by atoms with Crippen LogP contribution < -0.4 is 0 Å². The molecule has 0 spiro atoms. The molecule has 1 aliphatic heterocycles. The second-order valence-corrected chi connectivity index (χ2v) is 5.12. The predicted molar refractivity (Wildman–Crippen MR) is 55.5 cm³/mol. The van der Waals surface area contributed by atoms with Crippen molar-refractivity contribution in [2.24, 2.45) is 5.16 Å². The summed E-state index contributed by atoms with van der Waals surface area (Å²) in [6, 6.07) is 0. The highest BCUT2D eigenvalue weighted by Gasteiger charge is 2.44. The van der Waals surface area contributed by atoms with E-state index in [0.29, 0.717) is 0 Å². The highest BCUT2D eigenvalue weighted by atomic mass is 16.7. The average molecular weight is 200 g/mol. The molecule has 0 aromatic rings. The predicted octanol–water partition coefficient (Wildman–Crippen LogP) is 2.03. The lowest BCUT2D eigenvalue weighted by atomic mass is 9.81. The van der Waals surface area contributed by atoms with Crippen LogP contribution in [0.2, 0.25) is 0 Å². The fourth-order valence-corrected chi connectivity index (χ4v) is 2.59. The first-order valence-electron chi connectivity index (χ1n) is 4.88. The first kappa shape index (κ1) is 11.5. The molecule has 0 unspecified atom stereocenters. The number of hydrogen-bond acceptors (Lipinski definition) is 4. The molecule has 1 heterocycles. The van der Waals surface area contributed by atoms with Gasteiger partial charge in [-0.25, -0.2) is 0 Å². The van der Waals surface area contributed by atoms with Crippen LogP contribution in [-0.2, 0) is 4.84 Å². The molecule has 4 nitrogen and oxygen atoms in total. The summed E-state index contributed by atoms with van der Waals surface area (Å²) >= 11 is 0. The van der Waals surface area contributed by atoms with Gasteiger partial charge in [-0.1, -0.05) is 5.16 Å². The van der Waals surface area contributed by atoms with E-state index in [1.54, 1.807) is 7.11 Å². The summed E-state index contributed by atoms with van der Waals surface area (Å²) in [5, 5.41) is 14.2. The van der Waals surface area contributed by atoms with Gasteiger partial charge in [0, 0.05) is 23.9 Å². The lowest BCUT2D eigenvalue weighted by Gasteiger charge is -2.50. The third-order valence-electron chi connectivity index (χ3n) is 2.70. The van der Waals surface area contributed by atoms with Crippen LogP contribution in [-0.4, -0.2) is 34.2 Å². The van der Waals surface area contributed by atoms with Crippen molar-refractivity contribution in [2.75, 3.05) is 7.11 Å². The number of rotatable bonds is 1. The summed E-state index contributed by atoms with van der Waals surface area (Å²) in [4.78, 5) is 5.41. The lowest BCUT2D eigenvalue weighted by molar-refractivity contribution is -0.250. The van der Waals surface area contributed by atoms with Crippen molar-refractivity contribution in [1.82, 2.24) is 5.06 Å². The Morgan fingerprint density at radius 2 is 1.64 bits per heavy atom. The van der Waals surface area contributed by atoms with Crippen molar-refractivity contribution in [3.8, 4) is 0 Å². The molecule has 82 valence electrons. The molecule has 0 bridgehead atoms.